The first-order valence-electron chi connectivity index (χ1n) is 4.99. The molecule has 1 aromatic carbocycles. The van der Waals surface area contributed by atoms with Crippen molar-refractivity contribution in [1.29, 1.82) is 0 Å². The molecule has 0 unspecified atom stereocenters. The van der Waals surface area contributed by atoms with Crippen molar-refractivity contribution < 1.29 is 9.50 Å². The number of hydrogen-bond donors (Lipinski definition) is 1. The van der Waals surface area contributed by atoms with Gasteiger partial charge in [0.2, 0.25) is 0 Å². The van der Waals surface area contributed by atoms with Crippen LogP contribution in [0.15, 0.2) is 22.7 Å². The van der Waals surface area contributed by atoms with Crippen molar-refractivity contribution in [3.63, 3.8) is 0 Å². The van der Waals surface area contributed by atoms with E-state index in [9.17, 15) is 9.50 Å². The fourth-order valence-corrected chi connectivity index (χ4v) is 2.27. The Balaban J connectivity index is 2.07. The van der Waals surface area contributed by atoms with E-state index < -0.39 is 0 Å². The average molecular weight is 274 g/mol. The quantitative estimate of drug-likeness (QED) is 0.893. The second-order valence-electron chi connectivity index (χ2n) is 3.91. The van der Waals surface area contributed by atoms with Crippen LogP contribution in [0, 0.1) is 5.82 Å². The monoisotopic (exact) mass is 273 g/mol. The molecule has 0 saturated carbocycles. The van der Waals surface area contributed by atoms with Gasteiger partial charge in [0.1, 0.15) is 5.82 Å². The summed E-state index contributed by atoms with van der Waals surface area (Å²) in [5.41, 5.74) is 0.679. The fraction of sp³-hybridized carbons (Fsp3) is 0.455. The van der Waals surface area contributed by atoms with E-state index in [0.29, 0.717) is 18.7 Å². The van der Waals surface area contributed by atoms with Crippen molar-refractivity contribution in [3.05, 3.63) is 34.1 Å². The maximum atomic E-state index is 13.4. The Morgan fingerprint density at radius 3 is 3.00 bits per heavy atom. The van der Waals surface area contributed by atoms with Crippen LogP contribution in [-0.4, -0.2) is 29.2 Å². The number of rotatable bonds is 2. The molecule has 0 spiro atoms. The van der Waals surface area contributed by atoms with Crippen LogP contribution >= 0.6 is 15.9 Å². The summed E-state index contributed by atoms with van der Waals surface area (Å²) in [5, 5.41) is 9.36. The standard InChI is InChI=1S/C11H13BrFNO/c12-9-1-2-11(13)8(5-9)6-14-4-3-10(15)7-14/h1-2,5,10,15H,3-4,6-7H2/t10-/m1/s1. The molecule has 0 amide bonds. The van der Waals surface area contributed by atoms with Gasteiger partial charge in [-0.15, -0.1) is 0 Å². The van der Waals surface area contributed by atoms with E-state index in [4.69, 9.17) is 0 Å². The van der Waals surface area contributed by atoms with Gasteiger partial charge in [0.15, 0.2) is 0 Å². The Kier molecular flexibility index (Phi) is 3.38. The summed E-state index contributed by atoms with van der Waals surface area (Å²) < 4.78 is 14.3. The molecule has 1 atom stereocenters. The van der Waals surface area contributed by atoms with Crippen LogP contribution < -0.4 is 0 Å². The van der Waals surface area contributed by atoms with E-state index in [1.807, 2.05) is 0 Å². The number of β-amino-alcohol motifs (C(OH)–C–C–N with tert-alkyl or cyclic N) is 1. The van der Waals surface area contributed by atoms with Crippen molar-refractivity contribution in [2.24, 2.45) is 0 Å². The molecule has 1 aromatic rings. The van der Waals surface area contributed by atoms with Gasteiger partial charge in [-0.05, 0) is 24.6 Å². The minimum atomic E-state index is -0.250. The molecule has 1 N–H and O–H groups in total. The first kappa shape index (κ1) is 11.0. The highest BCUT2D eigenvalue weighted by Crippen LogP contribution is 2.19. The maximum Gasteiger partial charge on any atom is 0.127 e. The third kappa shape index (κ3) is 2.77. The van der Waals surface area contributed by atoms with E-state index in [-0.39, 0.29) is 11.9 Å². The lowest BCUT2D eigenvalue weighted by Gasteiger charge is -2.15. The van der Waals surface area contributed by atoms with Gasteiger partial charge in [-0.1, -0.05) is 15.9 Å². The molecule has 0 aliphatic carbocycles. The lowest BCUT2D eigenvalue weighted by molar-refractivity contribution is 0.174. The van der Waals surface area contributed by atoms with E-state index in [0.717, 1.165) is 17.4 Å². The molecule has 1 saturated heterocycles. The van der Waals surface area contributed by atoms with E-state index in [2.05, 4.69) is 20.8 Å². The van der Waals surface area contributed by atoms with Gasteiger partial charge in [0, 0.05) is 29.7 Å². The first-order valence-corrected chi connectivity index (χ1v) is 5.79. The van der Waals surface area contributed by atoms with Crippen LogP contribution in [0.3, 0.4) is 0 Å². The lowest BCUT2D eigenvalue weighted by atomic mass is 10.2. The topological polar surface area (TPSA) is 23.5 Å². The van der Waals surface area contributed by atoms with Crippen LogP contribution in [0.5, 0.6) is 0 Å². The number of hydrogen-bond acceptors (Lipinski definition) is 2. The van der Waals surface area contributed by atoms with Crippen molar-refractivity contribution in [2.45, 2.75) is 19.1 Å². The van der Waals surface area contributed by atoms with Gasteiger partial charge >= 0.3 is 0 Å². The third-order valence-electron chi connectivity index (χ3n) is 2.65. The predicted octanol–water partition coefficient (Wildman–Crippen LogP) is 2.15. The molecule has 2 nitrogen and oxygen atoms in total. The fourth-order valence-electron chi connectivity index (χ4n) is 1.86. The second-order valence-corrected chi connectivity index (χ2v) is 4.83. The molecule has 1 aliphatic heterocycles. The van der Waals surface area contributed by atoms with Crippen LogP contribution in [0.2, 0.25) is 0 Å². The predicted molar refractivity (Wildman–Crippen MR) is 60.0 cm³/mol. The molecule has 1 heterocycles. The Hall–Kier alpha value is -0.450. The van der Waals surface area contributed by atoms with Crippen molar-refractivity contribution in [1.82, 2.24) is 4.90 Å². The van der Waals surface area contributed by atoms with Gasteiger partial charge in [0.05, 0.1) is 6.10 Å². The zero-order valence-corrected chi connectivity index (χ0v) is 9.87. The van der Waals surface area contributed by atoms with Crippen LogP contribution in [0.1, 0.15) is 12.0 Å². The summed E-state index contributed by atoms with van der Waals surface area (Å²) in [6.45, 7) is 2.06. The third-order valence-corrected chi connectivity index (χ3v) is 3.14. The molecular weight excluding hydrogens is 261 g/mol. The number of halogens is 2. The zero-order valence-electron chi connectivity index (χ0n) is 8.29. The smallest absolute Gasteiger partial charge is 0.127 e. The molecule has 0 aromatic heterocycles. The minimum Gasteiger partial charge on any atom is -0.392 e. The summed E-state index contributed by atoms with van der Waals surface area (Å²) in [6.07, 6.45) is 0.538. The summed E-state index contributed by atoms with van der Waals surface area (Å²) in [7, 11) is 0. The molecule has 2 rings (SSSR count). The van der Waals surface area contributed by atoms with E-state index >= 15 is 0 Å². The molecule has 1 aliphatic rings. The molecular formula is C11H13BrFNO. The number of aliphatic hydroxyl groups is 1. The van der Waals surface area contributed by atoms with Gasteiger partial charge in [0.25, 0.3) is 0 Å². The molecule has 0 radical (unpaired) electrons. The Morgan fingerprint density at radius 1 is 1.53 bits per heavy atom. The van der Waals surface area contributed by atoms with Gasteiger partial charge < -0.3 is 5.11 Å². The summed E-state index contributed by atoms with van der Waals surface area (Å²) in [5.74, 6) is -0.181. The van der Waals surface area contributed by atoms with Gasteiger partial charge in [-0.3, -0.25) is 4.90 Å². The second kappa shape index (κ2) is 4.60. The summed E-state index contributed by atoms with van der Waals surface area (Å²) in [6, 6.07) is 4.95. The Labute approximate surface area is 96.8 Å². The molecule has 0 bridgehead atoms. The maximum absolute atomic E-state index is 13.4. The first-order chi connectivity index (χ1) is 7.15. The van der Waals surface area contributed by atoms with Crippen LogP contribution in [0.4, 0.5) is 4.39 Å². The molecule has 82 valence electrons. The number of nitrogens with zero attached hydrogens (tertiary/aromatic N) is 1. The van der Waals surface area contributed by atoms with Crippen LogP contribution in [0.25, 0.3) is 0 Å². The summed E-state index contributed by atoms with van der Waals surface area (Å²) >= 11 is 3.32. The largest absolute Gasteiger partial charge is 0.392 e. The highest BCUT2D eigenvalue weighted by Gasteiger charge is 2.20. The van der Waals surface area contributed by atoms with Gasteiger partial charge in [-0.2, -0.15) is 0 Å². The van der Waals surface area contributed by atoms with Crippen molar-refractivity contribution in [2.75, 3.05) is 13.1 Å². The molecule has 1 fully saturated rings. The van der Waals surface area contributed by atoms with Gasteiger partial charge in [-0.25, -0.2) is 4.39 Å². The minimum absolute atomic E-state index is 0.181. The highest BCUT2D eigenvalue weighted by molar-refractivity contribution is 9.10. The molecule has 4 heteroatoms. The van der Waals surface area contributed by atoms with Crippen LogP contribution in [-0.2, 0) is 6.54 Å². The Bertz CT molecular complexity index is 358. The number of likely N-dealkylation sites (tertiary alicyclic amines) is 1. The summed E-state index contributed by atoms with van der Waals surface area (Å²) in [4.78, 5) is 2.06. The van der Waals surface area contributed by atoms with E-state index in [1.54, 1.807) is 12.1 Å². The normalized spacial score (nSPS) is 22.2. The zero-order chi connectivity index (χ0) is 10.8. The highest BCUT2D eigenvalue weighted by atomic mass is 79.9. The number of aliphatic hydroxyl groups excluding tert-OH is 1. The van der Waals surface area contributed by atoms with Crippen molar-refractivity contribution >= 4 is 15.9 Å². The SMILES string of the molecule is O[C@@H]1CCN(Cc2cc(Br)ccc2F)C1. The number of benzene rings is 1. The van der Waals surface area contributed by atoms with E-state index in [1.165, 1.54) is 6.07 Å². The van der Waals surface area contributed by atoms with Crippen molar-refractivity contribution in [3.8, 4) is 0 Å². The molecule has 15 heavy (non-hydrogen) atoms. The lowest BCUT2D eigenvalue weighted by Crippen LogP contribution is -2.22. The Morgan fingerprint density at radius 2 is 2.33 bits per heavy atom. The average Bonchev–Trinajstić information content (AvgIpc) is 2.58.